The van der Waals surface area contributed by atoms with Crippen molar-refractivity contribution < 1.29 is 0 Å². The molecule has 1 aromatic rings. The Kier molecular flexibility index (Phi) is 3.19. The Morgan fingerprint density at radius 1 is 1.43 bits per heavy atom. The quantitative estimate of drug-likeness (QED) is 0.825. The van der Waals surface area contributed by atoms with Crippen LogP contribution in [-0.2, 0) is 19.4 Å². The second-order valence-electron chi connectivity index (χ2n) is 4.36. The first-order valence-corrected chi connectivity index (χ1v) is 6.25. The zero-order valence-corrected chi connectivity index (χ0v) is 9.78. The topological polar surface area (TPSA) is 24.9 Å². The van der Waals surface area contributed by atoms with Crippen molar-refractivity contribution in [3.8, 4) is 0 Å². The number of hydrogen-bond acceptors (Lipinski definition) is 3. The highest BCUT2D eigenvalue weighted by Crippen LogP contribution is 2.27. The van der Waals surface area contributed by atoms with Gasteiger partial charge in [0, 0.05) is 11.4 Å². The van der Waals surface area contributed by atoms with E-state index in [9.17, 15) is 0 Å². The average molecular weight is 210 g/mol. The summed E-state index contributed by atoms with van der Waals surface area (Å²) in [5.74, 6) is 0.724. The van der Waals surface area contributed by atoms with Gasteiger partial charge in [0.25, 0.3) is 0 Å². The molecule has 0 bridgehead atoms. The molecular weight excluding hydrogens is 192 g/mol. The fraction of sp³-hybridized carbons (Fsp3) is 0.727. The molecule has 0 saturated carbocycles. The summed E-state index contributed by atoms with van der Waals surface area (Å²) in [5, 5.41) is 4.71. The van der Waals surface area contributed by atoms with Crippen LogP contribution in [0.2, 0.25) is 0 Å². The number of nitrogens with zero attached hydrogens (tertiary/aromatic N) is 1. The van der Waals surface area contributed by atoms with Gasteiger partial charge in [-0.15, -0.1) is 11.3 Å². The van der Waals surface area contributed by atoms with Crippen molar-refractivity contribution in [2.45, 2.75) is 39.7 Å². The Morgan fingerprint density at radius 3 is 3.00 bits per heavy atom. The number of aryl methyl sites for hydroxylation is 2. The highest BCUT2D eigenvalue weighted by atomic mass is 32.1. The smallest absolute Gasteiger partial charge is 0.107 e. The highest BCUT2D eigenvalue weighted by Gasteiger charge is 2.15. The van der Waals surface area contributed by atoms with Crippen molar-refractivity contribution in [2.24, 2.45) is 5.92 Å². The Morgan fingerprint density at radius 2 is 2.29 bits per heavy atom. The van der Waals surface area contributed by atoms with Crippen LogP contribution < -0.4 is 5.32 Å². The molecule has 3 heteroatoms. The fourth-order valence-corrected chi connectivity index (χ4v) is 2.91. The Balaban J connectivity index is 1.85. The standard InChI is InChI=1S/C11H18N2S/c1-8(2)6-12-7-11-13-9-4-3-5-10(9)14-11/h8,12H,3-7H2,1-2H3. The van der Waals surface area contributed by atoms with E-state index in [1.807, 2.05) is 11.3 Å². The van der Waals surface area contributed by atoms with Gasteiger partial charge in [-0.25, -0.2) is 4.98 Å². The fourth-order valence-electron chi connectivity index (χ4n) is 1.79. The van der Waals surface area contributed by atoms with Gasteiger partial charge in [-0.05, 0) is 31.7 Å². The van der Waals surface area contributed by atoms with E-state index in [1.54, 1.807) is 0 Å². The minimum Gasteiger partial charge on any atom is -0.310 e. The first kappa shape index (κ1) is 10.1. The van der Waals surface area contributed by atoms with E-state index >= 15 is 0 Å². The van der Waals surface area contributed by atoms with E-state index in [0.717, 1.165) is 19.0 Å². The maximum absolute atomic E-state index is 4.64. The first-order valence-electron chi connectivity index (χ1n) is 5.44. The summed E-state index contributed by atoms with van der Waals surface area (Å²) < 4.78 is 0. The highest BCUT2D eigenvalue weighted by molar-refractivity contribution is 7.11. The molecule has 14 heavy (non-hydrogen) atoms. The second kappa shape index (κ2) is 4.41. The van der Waals surface area contributed by atoms with Crippen LogP contribution in [0.3, 0.4) is 0 Å². The molecule has 0 atom stereocenters. The lowest BCUT2D eigenvalue weighted by molar-refractivity contribution is 0.551. The van der Waals surface area contributed by atoms with E-state index in [0.29, 0.717) is 0 Å². The average Bonchev–Trinajstić information content (AvgIpc) is 2.62. The minimum atomic E-state index is 0.724. The van der Waals surface area contributed by atoms with Gasteiger partial charge in [0.15, 0.2) is 0 Å². The molecule has 1 N–H and O–H groups in total. The van der Waals surface area contributed by atoms with E-state index < -0.39 is 0 Å². The van der Waals surface area contributed by atoms with Crippen molar-refractivity contribution in [3.63, 3.8) is 0 Å². The van der Waals surface area contributed by atoms with Gasteiger partial charge >= 0.3 is 0 Å². The third kappa shape index (κ3) is 2.34. The molecule has 2 nitrogen and oxygen atoms in total. The Hall–Kier alpha value is -0.410. The Labute approximate surface area is 89.8 Å². The summed E-state index contributed by atoms with van der Waals surface area (Å²) in [6.07, 6.45) is 3.78. The zero-order valence-electron chi connectivity index (χ0n) is 8.97. The van der Waals surface area contributed by atoms with Crippen LogP contribution in [-0.4, -0.2) is 11.5 Å². The Bertz CT molecular complexity index is 283. The molecule has 1 aliphatic rings. The molecule has 0 aromatic carbocycles. The third-order valence-corrected chi connectivity index (χ3v) is 3.63. The number of rotatable bonds is 4. The number of nitrogens with one attached hydrogen (secondary N) is 1. The molecule has 0 spiro atoms. The summed E-state index contributed by atoms with van der Waals surface area (Å²) in [5.41, 5.74) is 1.37. The van der Waals surface area contributed by atoms with Crippen LogP contribution in [0, 0.1) is 5.92 Å². The van der Waals surface area contributed by atoms with Gasteiger partial charge < -0.3 is 5.32 Å². The van der Waals surface area contributed by atoms with E-state index in [4.69, 9.17) is 0 Å². The molecule has 0 aliphatic heterocycles. The zero-order chi connectivity index (χ0) is 9.97. The molecule has 0 radical (unpaired) electrons. The van der Waals surface area contributed by atoms with Crippen molar-refractivity contribution in [1.82, 2.24) is 10.3 Å². The summed E-state index contributed by atoms with van der Waals surface area (Å²) >= 11 is 1.90. The van der Waals surface area contributed by atoms with Crippen molar-refractivity contribution in [1.29, 1.82) is 0 Å². The van der Waals surface area contributed by atoms with Crippen LogP contribution in [0.25, 0.3) is 0 Å². The summed E-state index contributed by atoms with van der Waals surface area (Å²) in [7, 11) is 0. The second-order valence-corrected chi connectivity index (χ2v) is 5.52. The lowest BCUT2D eigenvalue weighted by Crippen LogP contribution is -2.18. The van der Waals surface area contributed by atoms with Gasteiger partial charge in [-0.2, -0.15) is 0 Å². The van der Waals surface area contributed by atoms with Crippen LogP contribution in [0.4, 0.5) is 0 Å². The summed E-state index contributed by atoms with van der Waals surface area (Å²) in [6, 6.07) is 0. The number of aromatic nitrogens is 1. The van der Waals surface area contributed by atoms with Crippen molar-refractivity contribution in [2.75, 3.05) is 6.54 Å². The SMILES string of the molecule is CC(C)CNCc1nc2c(s1)CCC2. The first-order chi connectivity index (χ1) is 6.75. The predicted molar refractivity (Wildman–Crippen MR) is 60.7 cm³/mol. The normalized spacial score (nSPS) is 15.1. The molecule has 1 aliphatic carbocycles. The number of hydrogen-bond donors (Lipinski definition) is 1. The molecule has 0 saturated heterocycles. The maximum Gasteiger partial charge on any atom is 0.107 e. The van der Waals surface area contributed by atoms with Gasteiger partial charge in [-0.1, -0.05) is 13.8 Å². The lowest BCUT2D eigenvalue weighted by atomic mass is 10.2. The van der Waals surface area contributed by atoms with Gasteiger partial charge in [-0.3, -0.25) is 0 Å². The van der Waals surface area contributed by atoms with E-state index in [1.165, 1.54) is 34.8 Å². The molecule has 2 rings (SSSR count). The van der Waals surface area contributed by atoms with Crippen LogP contribution >= 0.6 is 11.3 Å². The largest absolute Gasteiger partial charge is 0.310 e. The van der Waals surface area contributed by atoms with E-state index in [2.05, 4.69) is 24.1 Å². The molecule has 0 unspecified atom stereocenters. The number of fused-ring (bicyclic) bond motifs is 1. The van der Waals surface area contributed by atoms with Gasteiger partial charge in [0.1, 0.15) is 5.01 Å². The molecular formula is C11H18N2S. The molecule has 0 fully saturated rings. The van der Waals surface area contributed by atoms with Gasteiger partial charge in [0.05, 0.1) is 5.69 Å². The molecule has 78 valence electrons. The van der Waals surface area contributed by atoms with Crippen LogP contribution in [0.1, 0.15) is 35.8 Å². The number of thiazole rings is 1. The van der Waals surface area contributed by atoms with Gasteiger partial charge in [0.2, 0.25) is 0 Å². The monoisotopic (exact) mass is 210 g/mol. The van der Waals surface area contributed by atoms with Crippen LogP contribution in [0.15, 0.2) is 0 Å². The van der Waals surface area contributed by atoms with Crippen LogP contribution in [0.5, 0.6) is 0 Å². The van der Waals surface area contributed by atoms with Crippen molar-refractivity contribution in [3.05, 3.63) is 15.6 Å². The minimum absolute atomic E-state index is 0.724. The summed E-state index contributed by atoms with van der Waals surface area (Å²) in [6.45, 7) is 6.50. The molecule has 1 heterocycles. The molecule has 1 aromatic heterocycles. The predicted octanol–water partition coefficient (Wildman–Crippen LogP) is 2.38. The van der Waals surface area contributed by atoms with E-state index in [-0.39, 0.29) is 0 Å². The maximum atomic E-state index is 4.64. The lowest BCUT2D eigenvalue weighted by Gasteiger charge is -2.04. The van der Waals surface area contributed by atoms with Crippen molar-refractivity contribution >= 4 is 11.3 Å². The summed E-state index contributed by atoms with van der Waals surface area (Å²) in [4.78, 5) is 6.18. The third-order valence-electron chi connectivity index (χ3n) is 2.47. The molecule has 0 amide bonds.